The highest BCUT2D eigenvalue weighted by Gasteiger charge is 2.43. The standard InChI is InChI=1S/C17H26N4O3S/c1-12(13-6-7-13)21(14-8-9-14)16(22)11-25(23,24)17-19-18-15-5-3-2-4-10-20(15)17/h12-14H,2-11H2,1H3. The topological polar surface area (TPSA) is 85.2 Å². The van der Waals surface area contributed by atoms with Crippen LogP contribution in [0.3, 0.4) is 0 Å². The van der Waals surface area contributed by atoms with Crippen molar-refractivity contribution in [3.05, 3.63) is 5.82 Å². The number of aromatic nitrogens is 3. The third-order valence-electron chi connectivity index (χ3n) is 5.64. The summed E-state index contributed by atoms with van der Waals surface area (Å²) in [6.45, 7) is 2.68. The average Bonchev–Trinajstić information content (AvgIpc) is 3.43. The Bertz CT molecular complexity index is 765. The number of carbonyl (C=O) groups excluding carboxylic acids is 1. The Hall–Kier alpha value is -1.44. The van der Waals surface area contributed by atoms with Crippen LogP contribution in [0.25, 0.3) is 0 Å². The molecule has 1 aliphatic heterocycles. The van der Waals surface area contributed by atoms with Gasteiger partial charge < -0.3 is 9.47 Å². The number of carbonyl (C=O) groups is 1. The van der Waals surface area contributed by atoms with Gasteiger partial charge in [-0.25, -0.2) is 8.42 Å². The molecule has 0 radical (unpaired) electrons. The molecule has 8 heteroatoms. The number of sulfone groups is 1. The molecule has 2 heterocycles. The number of hydrogen-bond donors (Lipinski definition) is 0. The van der Waals surface area contributed by atoms with Crippen molar-refractivity contribution in [1.82, 2.24) is 19.7 Å². The monoisotopic (exact) mass is 366 g/mol. The zero-order valence-corrected chi connectivity index (χ0v) is 15.5. The van der Waals surface area contributed by atoms with Crippen molar-refractivity contribution in [3.63, 3.8) is 0 Å². The molecule has 1 unspecified atom stereocenters. The van der Waals surface area contributed by atoms with Crippen LogP contribution in [0.2, 0.25) is 0 Å². The SMILES string of the molecule is CC(C1CC1)N(C(=O)CS(=O)(=O)c1nnc2n1CCCCC2)C1CC1. The van der Waals surface area contributed by atoms with Crippen LogP contribution >= 0.6 is 0 Å². The number of hydrogen-bond acceptors (Lipinski definition) is 5. The summed E-state index contributed by atoms with van der Waals surface area (Å²) in [7, 11) is -3.77. The Balaban J connectivity index is 1.54. The zero-order valence-electron chi connectivity index (χ0n) is 14.7. The van der Waals surface area contributed by atoms with Gasteiger partial charge in [-0.2, -0.15) is 0 Å². The highest BCUT2D eigenvalue weighted by molar-refractivity contribution is 7.91. The summed E-state index contributed by atoms with van der Waals surface area (Å²) in [5.74, 6) is 0.511. The lowest BCUT2D eigenvalue weighted by molar-refractivity contribution is -0.131. The smallest absolute Gasteiger partial charge is 0.250 e. The highest BCUT2D eigenvalue weighted by atomic mass is 32.2. The van der Waals surface area contributed by atoms with Crippen LogP contribution in [0.15, 0.2) is 5.16 Å². The van der Waals surface area contributed by atoms with Crippen LogP contribution in [0.5, 0.6) is 0 Å². The molecule has 1 aromatic rings. The molecule has 2 fully saturated rings. The molecule has 4 rings (SSSR count). The van der Waals surface area contributed by atoms with Crippen molar-refractivity contribution in [2.45, 2.75) is 82.1 Å². The molecule has 0 N–H and O–H groups in total. The Morgan fingerprint density at radius 3 is 2.64 bits per heavy atom. The summed E-state index contributed by atoms with van der Waals surface area (Å²) in [4.78, 5) is 14.7. The van der Waals surface area contributed by atoms with Crippen molar-refractivity contribution in [2.24, 2.45) is 5.92 Å². The highest BCUT2D eigenvalue weighted by Crippen LogP contribution is 2.39. The third-order valence-corrected chi connectivity index (χ3v) is 7.12. The number of rotatable bonds is 6. The van der Waals surface area contributed by atoms with E-state index in [1.54, 1.807) is 4.57 Å². The molecule has 0 aromatic carbocycles. The fourth-order valence-electron chi connectivity index (χ4n) is 3.91. The lowest BCUT2D eigenvalue weighted by Gasteiger charge is -2.29. The molecular weight excluding hydrogens is 340 g/mol. The summed E-state index contributed by atoms with van der Waals surface area (Å²) in [6, 6.07) is 0.375. The minimum atomic E-state index is -3.77. The van der Waals surface area contributed by atoms with Gasteiger partial charge in [-0.15, -0.1) is 10.2 Å². The molecule has 0 bridgehead atoms. The van der Waals surface area contributed by atoms with Gasteiger partial charge in [-0.3, -0.25) is 4.79 Å². The van der Waals surface area contributed by atoms with E-state index >= 15 is 0 Å². The second-order valence-corrected chi connectivity index (χ2v) is 9.61. The molecule has 138 valence electrons. The number of amides is 1. The Kier molecular flexibility index (Phi) is 4.33. The van der Waals surface area contributed by atoms with E-state index in [1.807, 2.05) is 4.90 Å². The van der Waals surface area contributed by atoms with Gasteiger partial charge in [0.2, 0.25) is 20.9 Å². The molecule has 0 spiro atoms. The molecular formula is C17H26N4O3S. The van der Waals surface area contributed by atoms with Crippen LogP contribution in [-0.4, -0.2) is 51.8 Å². The van der Waals surface area contributed by atoms with E-state index in [-0.39, 0.29) is 23.1 Å². The fraction of sp³-hybridized carbons (Fsp3) is 0.824. The second kappa shape index (κ2) is 6.37. The van der Waals surface area contributed by atoms with Crippen molar-refractivity contribution < 1.29 is 13.2 Å². The zero-order chi connectivity index (χ0) is 17.6. The van der Waals surface area contributed by atoms with E-state index in [4.69, 9.17) is 0 Å². The van der Waals surface area contributed by atoms with E-state index in [0.29, 0.717) is 12.5 Å². The molecule has 1 amide bonds. The van der Waals surface area contributed by atoms with Gasteiger partial charge in [0, 0.05) is 25.0 Å². The lowest BCUT2D eigenvalue weighted by Crippen LogP contribution is -2.44. The molecule has 3 aliphatic rings. The number of nitrogens with zero attached hydrogens (tertiary/aromatic N) is 4. The molecule has 7 nitrogen and oxygen atoms in total. The van der Waals surface area contributed by atoms with Gasteiger partial charge in [-0.05, 0) is 51.4 Å². The van der Waals surface area contributed by atoms with Crippen molar-refractivity contribution in [3.8, 4) is 0 Å². The first-order valence-electron chi connectivity index (χ1n) is 9.43. The Morgan fingerprint density at radius 2 is 1.96 bits per heavy atom. The van der Waals surface area contributed by atoms with E-state index in [9.17, 15) is 13.2 Å². The van der Waals surface area contributed by atoms with Crippen molar-refractivity contribution >= 4 is 15.7 Å². The van der Waals surface area contributed by atoms with E-state index in [1.165, 1.54) is 0 Å². The van der Waals surface area contributed by atoms with E-state index < -0.39 is 15.6 Å². The Labute approximate surface area is 148 Å². The molecule has 1 atom stereocenters. The lowest BCUT2D eigenvalue weighted by atomic mass is 10.2. The maximum Gasteiger partial charge on any atom is 0.250 e. The summed E-state index contributed by atoms with van der Waals surface area (Å²) in [6.07, 6.45) is 8.01. The van der Waals surface area contributed by atoms with Crippen LogP contribution in [0.1, 0.15) is 57.7 Å². The van der Waals surface area contributed by atoms with Gasteiger partial charge in [0.15, 0.2) is 0 Å². The number of aryl methyl sites for hydroxylation is 1. The molecule has 2 aliphatic carbocycles. The summed E-state index contributed by atoms with van der Waals surface area (Å²) >= 11 is 0. The minimum absolute atomic E-state index is 0.0208. The van der Waals surface area contributed by atoms with Crippen molar-refractivity contribution in [2.75, 3.05) is 5.75 Å². The van der Waals surface area contributed by atoms with Crippen LogP contribution in [0.4, 0.5) is 0 Å². The number of fused-ring (bicyclic) bond motifs is 1. The third kappa shape index (κ3) is 3.45. The summed E-state index contributed by atoms with van der Waals surface area (Å²) < 4.78 is 27.5. The predicted molar refractivity (Wildman–Crippen MR) is 91.7 cm³/mol. The Morgan fingerprint density at radius 1 is 1.20 bits per heavy atom. The molecule has 2 saturated carbocycles. The fourth-order valence-corrected chi connectivity index (χ4v) is 5.21. The first-order valence-corrected chi connectivity index (χ1v) is 11.1. The largest absolute Gasteiger partial charge is 0.336 e. The molecule has 0 saturated heterocycles. The van der Waals surface area contributed by atoms with Crippen LogP contribution < -0.4 is 0 Å². The van der Waals surface area contributed by atoms with Gasteiger partial charge in [0.1, 0.15) is 11.6 Å². The second-order valence-electron chi connectivity index (χ2n) is 7.73. The van der Waals surface area contributed by atoms with Gasteiger partial charge in [0.05, 0.1) is 0 Å². The van der Waals surface area contributed by atoms with Crippen LogP contribution in [0, 0.1) is 5.92 Å². The minimum Gasteiger partial charge on any atom is -0.336 e. The quantitative estimate of drug-likeness (QED) is 0.763. The molecule has 25 heavy (non-hydrogen) atoms. The van der Waals surface area contributed by atoms with Crippen molar-refractivity contribution in [1.29, 1.82) is 0 Å². The maximum atomic E-state index is 12.9. The van der Waals surface area contributed by atoms with Gasteiger partial charge in [-0.1, -0.05) is 6.42 Å². The van der Waals surface area contributed by atoms with E-state index in [2.05, 4.69) is 17.1 Å². The van der Waals surface area contributed by atoms with E-state index in [0.717, 1.165) is 57.2 Å². The van der Waals surface area contributed by atoms with Crippen LogP contribution in [-0.2, 0) is 27.6 Å². The predicted octanol–water partition coefficient (Wildman–Crippen LogP) is 1.57. The summed E-state index contributed by atoms with van der Waals surface area (Å²) in [5.41, 5.74) is 0. The first kappa shape index (κ1) is 17.0. The van der Waals surface area contributed by atoms with Gasteiger partial charge >= 0.3 is 0 Å². The van der Waals surface area contributed by atoms with Gasteiger partial charge in [0.25, 0.3) is 0 Å². The normalized spacial score (nSPS) is 22.1. The summed E-state index contributed by atoms with van der Waals surface area (Å²) in [5, 5.41) is 7.97. The maximum absolute atomic E-state index is 12.9. The first-order chi connectivity index (χ1) is 12.0. The average molecular weight is 366 g/mol. The molecule has 1 aromatic heterocycles.